The molecule has 0 aromatic heterocycles. The highest BCUT2D eigenvalue weighted by Gasteiger charge is 2.33. The van der Waals surface area contributed by atoms with E-state index in [0.717, 1.165) is 17.8 Å². The van der Waals surface area contributed by atoms with Crippen LogP contribution in [0.5, 0.6) is 0 Å². The molecule has 6 heteroatoms. The zero-order valence-electron chi connectivity index (χ0n) is 11.2. The van der Waals surface area contributed by atoms with Crippen molar-refractivity contribution in [3.63, 3.8) is 0 Å². The van der Waals surface area contributed by atoms with Gasteiger partial charge in [-0.1, -0.05) is 23.9 Å². The Bertz CT molecular complexity index is 625. The van der Waals surface area contributed by atoms with Gasteiger partial charge in [0.1, 0.15) is 5.82 Å². The third kappa shape index (κ3) is 4.22. The molecule has 0 radical (unpaired) electrons. The Labute approximate surface area is 124 Å². The lowest BCUT2D eigenvalue weighted by molar-refractivity contribution is -0.139. The molecule has 0 fully saturated rings. The minimum absolute atomic E-state index is 0.0629. The van der Waals surface area contributed by atoms with E-state index in [1.807, 2.05) is 0 Å². The fourth-order valence-corrected chi connectivity index (χ4v) is 2.85. The summed E-state index contributed by atoms with van der Waals surface area (Å²) in [5.74, 6) is -0.472. The maximum Gasteiger partial charge on any atom is 0.417 e. The van der Waals surface area contributed by atoms with Crippen LogP contribution in [0.15, 0.2) is 52.3 Å². The molecular formula is C15H13F4NS. The second-order valence-corrected chi connectivity index (χ2v) is 5.53. The van der Waals surface area contributed by atoms with E-state index in [-0.39, 0.29) is 4.90 Å². The van der Waals surface area contributed by atoms with Crippen molar-refractivity contribution in [1.29, 1.82) is 0 Å². The van der Waals surface area contributed by atoms with Crippen LogP contribution in [0.4, 0.5) is 17.6 Å². The van der Waals surface area contributed by atoms with Crippen molar-refractivity contribution in [2.75, 3.05) is 7.05 Å². The van der Waals surface area contributed by atoms with Crippen LogP contribution < -0.4 is 5.32 Å². The minimum atomic E-state index is -4.45. The summed E-state index contributed by atoms with van der Waals surface area (Å²) in [6.45, 7) is 0.355. The number of benzene rings is 2. The van der Waals surface area contributed by atoms with Crippen molar-refractivity contribution in [2.24, 2.45) is 0 Å². The molecule has 0 heterocycles. The van der Waals surface area contributed by atoms with Crippen molar-refractivity contribution in [2.45, 2.75) is 22.5 Å². The molecule has 2 aromatic carbocycles. The summed E-state index contributed by atoms with van der Waals surface area (Å²) in [7, 11) is 1.67. The summed E-state index contributed by atoms with van der Waals surface area (Å²) in [6, 6.07) is 9.70. The van der Waals surface area contributed by atoms with Crippen LogP contribution in [0.25, 0.3) is 0 Å². The number of halogens is 4. The van der Waals surface area contributed by atoms with Gasteiger partial charge in [-0.3, -0.25) is 0 Å². The molecule has 0 aliphatic heterocycles. The van der Waals surface area contributed by atoms with Gasteiger partial charge in [0, 0.05) is 16.3 Å². The van der Waals surface area contributed by atoms with Gasteiger partial charge in [0.15, 0.2) is 0 Å². The first-order valence-electron chi connectivity index (χ1n) is 6.18. The first kappa shape index (κ1) is 15.9. The number of nitrogens with one attached hydrogen (secondary N) is 1. The molecule has 0 aliphatic rings. The molecule has 0 atom stereocenters. The number of hydrogen-bond donors (Lipinski definition) is 1. The molecule has 1 N–H and O–H groups in total. The highest BCUT2D eigenvalue weighted by Crippen LogP contribution is 2.40. The molecule has 0 spiro atoms. The molecule has 0 saturated heterocycles. The Kier molecular flexibility index (Phi) is 4.90. The van der Waals surface area contributed by atoms with Crippen LogP contribution in [0.2, 0.25) is 0 Å². The lowest BCUT2D eigenvalue weighted by Crippen LogP contribution is -2.10. The molecule has 0 saturated carbocycles. The summed E-state index contributed by atoms with van der Waals surface area (Å²) in [4.78, 5) is 0.495. The molecular weight excluding hydrogens is 302 g/mol. The Balaban J connectivity index is 2.38. The number of hydrogen-bond acceptors (Lipinski definition) is 2. The minimum Gasteiger partial charge on any atom is -0.316 e. The zero-order valence-corrected chi connectivity index (χ0v) is 12.0. The van der Waals surface area contributed by atoms with E-state index >= 15 is 0 Å². The van der Waals surface area contributed by atoms with Gasteiger partial charge in [0.2, 0.25) is 0 Å². The van der Waals surface area contributed by atoms with E-state index in [9.17, 15) is 17.6 Å². The van der Waals surface area contributed by atoms with Gasteiger partial charge in [0.25, 0.3) is 0 Å². The summed E-state index contributed by atoms with van der Waals surface area (Å²) in [5, 5.41) is 2.82. The van der Waals surface area contributed by atoms with Gasteiger partial charge in [-0.2, -0.15) is 13.2 Å². The molecule has 0 aliphatic carbocycles. The van der Waals surface area contributed by atoms with Crippen LogP contribution in [0.1, 0.15) is 11.1 Å². The Morgan fingerprint density at radius 2 is 1.86 bits per heavy atom. The SMILES string of the molecule is CNCc1ccc(Sc2cccc(F)c2)c(C(F)(F)F)c1. The second-order valence-electron chi connectivity index (χ2n) is 4.42. The third-order valence-corrected chi connectivity index (χ3v) is 3.82. The van der Waals surface area contributed by atoms with E-state index in [2.05, 4.69) is 5.32 Å². The summed E-state index contributed by atoms with van der Waals surface area (Å²) < 4.78 is 52.6. The van der Waals surface area contributed by atoms with Crippen LogP contribution in [0.3, 0.4) is 0 Å². The third-order valence-electron chi connectivity index (χ3n) is 2.75. The molecule has 0 amide bonds. The van der Waals surface area contributed by atoms with Crippen molar-refractivity contribution >= 4 is 11.8 Å². The molecule has 21 heavy (non-hydrogen) atoms. The van der Waals surface area contributed by atoms with Crippen molar-refractivity contribution in [1.82, 2.24) is 5.32 Å². The normalized spacial score (nSPS) is 11.7. The second kappa shape index (κ2) is 6.49. The lowest BCUT2D eigenvalue weighted by Gasteiger charge is -2.14. The Morgan fingerprint density at radius 1 is 1.10 bits per heavy atom. The molecule has 2 aromatic rings. The number of rotatable bonds is 4. The topological polar surface area (TPSA) is 12.0 Å². The Morgan fingerprint density at radius 3 is 2.48 bits per heavy atom. The van der Waals surface area contributed by atoms with Gasteiger partial charge < -0.3 is 5.32 Å². The molecule has 112 valence electrons. The van der Waals surface area contributed by atoms with Gasteiger partial charge in [-0.15, -0.1) is 0 Å². The first-order chi connectivity index (χ1) is 9.90. The molecule has 2 rings (SSSR count). The maximum atomic E-state index is 13.1. The smallest absolute Gasteiger partial charge is 0.316 e. The zero-order chi connectivity index (χ0) is 15.5. The van der Waals surface area contributed by atoms with Crippen molar-refractivity contribution in [3.05, 3.63) is 59.4 Å². The van der Waals surface area contributed by atoms with E-state index in [1.54, 1.807) is 19.2 Å². The average molecular weight is 315 g/mol. The fraction of sp³-hybridized carbons (Fsp3) is 0.200. The van der Waals surface area contributed by atoms with Crippen LogP contribution in [-0.4, -0.2) is 7.05 Å². The van der Waals surface area contributed by atoms with E-state index in [0.29, 0.717) is 17.0 Å². The average Bonchev–Trinajstić information content (AvgIpc) is 2.39. The Hall–Kier alpha value is -1.53. The van der Waals surface area contributed by atoms with Crippen LogP contribution in [0, 0.1) is 5.82 Å². The van der Waals surface area contributed by atoms with Gasteiger partial charge in [-0.05, 0) is 42.9 Å². The van der Waals surface area contributed by atoms with Crippen LogP contribution >= 0.6 is 11.8 Å². The summed E-state index contributed by atoms with van der Waals surface area (Å²) in [5.41, 5.74) is -0.155. The lowest BCUT2D eigenvalue weighted by atomic mass is 10.1. The maximum absolute atomic E-state index is 13.1. The largest absolute Gasteiger partial charge is 0.417 e. The fourth-order valence-electron chi connectivity index (χ4n) is 1.86. The number of alkyl halides is 3. The predicted molar refractivity (Wildman–Crippen MR) is 74.7 cm³/mol. The molecule has 1 nitrogen and oxygen atoms in total. The first-order valence-corrected chi connectivity index (χ1v) is 7.00. The highest BCUT2D eigenvalue weighted by atomic mass is 32.2. The van der Waals surface area contributed by atoms with Gasteiger partial charge in [-0.25, -0.2) is 4.39 Å². The highest BCUT2D eigenvalue weighted by molar-refractivity contribution is 7.99. The molecule has 0 bridgehead atoms. The molecule has 0 unspecified atom stereocenters. The summed E-state index contributed by atoms with van der Waals surface area (Å²) in [6.07, 6.45) is -4.45. The van der Waals surface area contributed by atoms with Crippen LogP contribution in [-0.2, 0) is 12.7 Å². The van der Waals surface area contributed by atoms with Gasteiger partial charge in [0.05, 0.1) is 5.56 Å². The van der Waals surface area contributed by atoms with Crippen molar-refractivity contribution in [3.8, 4) is 0 Å². The monoisotopic (exact) mass is 315 g/mol. The van der Waals surface area contributed by atoms with Crippen molar-refractivity contribution < 1.29 is 17.6 Å². The standard InChI is InChI=1S/C15H13F4NS/c1-20-9-10-5-6-14(13(7-10)15(17,18)19)21-12-4-2-3-11(16)8-12/h2-8,20H,9H2,1H3. The van der Waals surface area contributed by atoms with E-state index < -0.39 is 17.6 Å². The van der Waals surface area contributed by atoms with E-state index in [1.165, 1.54) is 24.3 Å². The summed E-state index contributed by atoms with van der Waals surface area (Å²) >= 11 is 0.902. The quantitative estimate of drug-likeness (QED) is 0.820. The van der Waals surface area contributed by atoms with Gasteiger partial charge >= 0.3 is 6.18 Å². The van der Waals surface area contributed by atoms with E-state index in [4.69, 9.17) is 0 Å². The predicted octanol–water partition coefficient (Wildman–Crippen LogP) is 4.72.